The Morgan fingerprint density at radius 1 is 1.00 bits per heavy atom. The van der Waals surface area contributed by atoms with Gasteiger partial charge in [-0.1, -0.05) is 48.5 Å². The van der Waals surface area contributed by atoms with Crippen LogP contribution in [0.15, 0.2) is 54.6 Å². The van der Waals surface area contributed by atoms with Gasteiger partial charge in [-0.2, -0.15) is 0 Å². The van der Waals surface area contributed by atoms with Crippen molar-refractivity contribution >= 4 is 0 Å². The number of fused-ring (bicyclic) bond motifs is 1. The summed E-state index contributed by atoms with van der Waals surface area (Å²) in [6, 6.07) is 18.9. The highest BCUT2D eigenvalue weighted by Crippen LogP contribution is 2.32. The van der Waals surface area contributed by atoms with Crippen molar-refractivity contribution in [2.75, 3.05) is 13.2 Å². The van der Waals surface area contributed by atoms with Crippen LogP contribution in [0.25, 0.3) is 0 Å². The smallest absolute Gasteiger partial charge is 0.122 e. The summed E-state index contributed by atoms with van der Waals surface area (Å²) >= 11 is 0. The molecule has 2 aromatic carbocycles. The van der Waals surface area contributed by atoms with Crippen molar-refractivity contribution in [3.8, 4) is 5.75 Å². The van der Waals surface area contributed by atoms with Crippen LogP contribution in [0.4, 0.5) is 0 Å². The Kier molecular flexibility index (Phi) is 3.80. The molecule has 98 valence electrons. The first-order valence-electron chi connectivity index (χ1n) is 6.90. The number of benzene rings is 2. The van der Waals surface area contributed by atoms with Crippen LogP contribution in [0.2, 0.25) is 0 Å². The van der Waals surface area contributed by atoms with Gasteiger partial charge in [0.1, 0.15) is 5.75 Å². The van der Waals surface area contributed by atoms with Crippen molar-refractivity contribution in [3.63, 3.8) is 0 Å². The standard InChI is InChI=1S/C17H19NO/c1-2-6-14(7-3-1)12-18-13-15-10-11-19-17-9-5-4-8-16(15)17/h1-9,15,18H,10-13H2/t15-/m0/s1. The fourth-order valence-electron chi connectivity index (χ4n) is 2.61. The van der Waals surface area contributed by atoms with Gasteiger partial charge in [0.25, 0.3) is 0 Å². The van der Waals surface area contributed by atoms with Gasteiger partial charge in [-0.3, -0.25) is 0 Å². The monoisotopic (exact) mass is 253 g/mol. The number of rotatable bonds is 4. The molecule has 0 fully saturated rings. The molecule has 1 atom stereocenters. The molecule has 0 aliphatic carbocycles. The molecule has 19 heavy (non-hydrogen) atoms. The van der Waals surface area contributed by atoms with Gasteiger partial charge in [0.05, 0.1) is 6.61 Å². The third-order valence-corrected chi connectivity index (χ3v) is 3.65. The Hall–Kier alpha value is -1.80. The minimum absolute atomic E-state index is 0.564. The zero-order chi connectivity index (χ0) is 12.9. The summed E-state index contributed by atoms with van der Waals surface area (Å²) in [7, 11) is 0. The average Bonchev–Trinajstić information content (AvgIpc) is 2.49. The Morgan fingerprint density at radius 3 is 2.68 bits per heavy atom. The van der Waals surface area contributed by atoms with E-state index in [0.29, 0.717) is 5.92 Å². The third-order valence-electron chi connectivity index (χ3n) is 3.65. The minimum atomic E-state index is 0.564. The first-order valence-corrected chi connectivity index (χ1v) is 6.90. The van der Waals surface area contributed by atoms with Crippen LogP contribution in [-0.2, 0) is 6.54 Å². The Morgan fingerprint density at radius 2 is 1.79 bits per heavy atom. The summed E-state index contributed by atoms with van der Waals surface area (Å²) in [5, 5.41) is 3.56. The molecule has 2 nitrogen and oxygen atoms in total. The Labute approximate surface area is 114 Å². The van der Waals surface area contributed by atoms with Gasteiger partial charge in [0.2, 0.25) is 0 Å². The van der Waals surface area contributed by atoms with Crippen LogP contribution in [0.1, 0.15) is 23.5 Å². The van der Waals surface area contributed by atoms with E-state index in [9.17, 15) is 0 Å². The van der Waals surface area contributed by atoms with Gasteiger partial charge in [-0.25, -0.2) is 0 Å². The molecule has 1 heterocycles. The molecular weight excluding hydrogens is 234 g/mol. The highest BCUT2D eigenvalue weighted by atomic mass is 16.5. The van der Waals surface area contributed by atoms with Crippen LogP contribution in [0, 0.1) is 0 Å². The fourth-order valence-corrected chi connectivity index (χ4v) is 2.61. The van der Waals surface area contributed by atoms with Crippen molar-refractivity contribution < 1.29 is 4.74 Å². The van der Waals surface area contributed by atoms with Gasteiger partial charge < -0.3 is 10.1 Å². The topological polar surface area (TPSA) is 21.3 Å². The van der Waals surface area contributed by atoms with E-state index in [4.69, 9.17) is 4.74 Å². The first kappa shape index (κ1) is 12.2. The number of hydrogen-bond donors (Lipinski definition) is 1. The van der Waals surface area contributed by atoms with Crippen molar-refractivity contribution in [1.29, 1.82) is 0 Å². The zero-order valence-corrected chi connectivity index (χ0v) is 11.0. The SMILES string of the molecule is c1ccc(CNC[C@@H]2CCOc3ccccc32)cc1. The molecule has 1 aliphatic heterocycles. The number of ether oxygens (including phenoxy) is 1. The molecule has 1 N–H and O–H groups in total. The number of hydrogen-bond acceptors (Lipinski definition) is 2. The van der Waals surface area contributed by atoms with Crippen molar-refractivity contribution in [3.05, 3.63) is 65.7 Å². The van der Waals surface area contributed by atoms with E-state index in [0.717, 1.165) is 31.9 Å². The lowest BCUT2D eigenvalue weighted by Crippen LogP contribution is -2.25. The van der Waals surface area contributed by atoms with E-state index >= 15 is 0 Å². The summed E-state index contributed by atoms with van der Waals surface area (Å²) in [5.74, 6) is 1.62. The van der Waals surface area contributed by atoms with E-state index in [2.05, 4.69) is 53.8 Å². The molecule has 0 amide bonds. The largest absolute Gasteiger partial charge is 0.493 e. The lowest BCUT2D eigenvalue weighted by atomic mass is 9.93. The molecule has 0 unspecified atom stereocenters. The van der Waals surface area contributed by atoms with E-state index in [1.54, 1.807) is 0 Å². The van der Waals surface area contributed by atoms with E-state index in [1.807, 2.05) is 6.07 Å². The summed E-state index contributed by atoms with van der Waals surface area (Å²) in [6.45, 7) is 2.77. The van der Waals surface area contributed by atoms with E-state index in [-0.39, 0.29) is 0 Å². The van der Waals surface area contributed by atoms with Crippen molar-refractivity contribution in [2.45, 2.75) is 18.9 Å². The molecule has 3 rings (SSSR count). The molecular formula is C17H19NO. The second-order valence-corrected chi connectivity index (χ2v) is 4.99. The molecule has 0 radical (unpaired) electrons. The fraction of sp³-hybridized carbons (Fsp3) is 0.294. The predicted octanol–water partition coefficient (Wildman–Crippen LogP) is 3.34. The summed E-state index contributed by atoms with van der Waals surface area (Å²) in [6.07, 6.45) is 1.10. The lowest BCUT2D eigenvalue weighted by molar-refractivity contribution is 0.264. The Bertz CT molecular complexity index is 524. The second kappa shape index (κ2) is 5.89. The molecule has 0 spiro atoms. The van der Waals surface area contributed by atoms with Gasteiger partial charge in [0, 0.05) is 19.0 Å². The van der Waals surface area contributed by atoms with Crippen LogP contribution < -0.4 is 10.1 Å². The first-order chi connectivity index (χ1) is 9.43. The third kappa shape index (κ3) is 2.96. The molecule has 2 heteroatoms. The van der Waals surface area contributed by atoms with Gasteiger partial charge in [-0.15, -0.1) is 0 Å². The van der Waals surface area contributed by atoms with Gasteiger partial charge >= 0.3 is 0 Å². The van der Waals surface area contributed by atoms with Crippen LogP contribution in [-0.4, -0.2) is 13.2 Å². The minimum Gasteiger partial charge on any atom is -0.493 e. The van der Waals surface area contributed by atoms with Crippen molar-refractivity contribution in [2.24, 2.45) is 0 Å². The molecule has 0 aromatic heterocycles. The summed E-state index contributed by atoms with van der Waals surface area (Å²) < 4.78 is 5.69. The van der Waals surface area contributed by atoms with E-state index < -0.39 is 0 Å². The summed E-state index contributed by atoms with van der Waals surface area (Å²) in [5.41, 5.74) is 2.68. The van der Waals surface area contributed by atoms with Gasteiger partial charge in [-0.05, 0) is 23.6 Å². The average molecular weight is 253 g/mol. The molecule has 0 bridgehead atoms. The molecule has 0 saturated heterocycles. The number of nitrogens with one attached hydrogen (secondary N) is 1. The normalized spacial score (nSPS) is 17.6. The maximum Gasteiger partial charge on any atom is 0.122 e. The highest BCUT2D eigenvalue weighted by molar-refractivity contribution is 5.37. The van der Waals surface area contributed by atoms with Crippen LogP contribution in [0.5, 0.6) is 5.75 Å². The summed E-state index contributed by atoms with van der Waals surface area (Å²) in [4.78, 5) is 0. The maximum atomic E-state index is 5.69. The highest BCUT2D eigenvalue weighted by Gasteiger charge is 2.20. The van der Waals surface area contributed by atoms with Crippen LogP contribution >= 0.6 is 0 Å². The van der Waals surface area contributed by atoms with E-state index in [1.165, 1.54) is 11.1 Å². The molecule has 2 aromatic rings. The quantitative estimate of drug-likeness (QED) is 0.902. The van der Waals surface area contributed by atoms with Gasteiger partial charge in [0.15, 0.2) is 0 Å². The number of para-hydroxylation sites is 1. The molecule has 1 aliphatic rings. The zero-order valence-electron chi connectivity index (χ0n) is 11.0. The Balaban J connectivity index is 1.59. The lowest BCUT2D eigenvalue weighted by Gasteiger charge is -2.26. The maximum absolute atomic E-state index is 5.69. The molecule has 0 saturated carbocycles. The second-order valence-electron chi connectivity index (χ2n) is 4.99. The van der Waals surface area contributed by atoms with Crippen LogP contribution in [0.3, 0.4) is 0 Å². The van der Waals surface area contributed by atoms with Crippen molar-refractivity contribution in [1.82, 2.24) is 5.32 Å². The predicted molar refractivity (Wildman–Crippen MR) is 77.4 cm³/mol.